The Morgan fingerprint density at radius 3 is 2.88 bits per heavy atom. The SMILES string of the molecule is N#Cc1ccccc1/C=C/C(=O)Nc1cc(-n2cnnn2)ccc1F. The van der Waals surface area contributed by atoms with Crippen LogP contribution in [0.4, 0.5) is 10.1 Å². The van der Waals surface area contributed by atoms with E-state index in [1.807, 2.05) is 6.07 Å². The number of nitriles is 1. The Hall–Kier alpha value is -3.86. The molecule has 3 aromatic rings. The molecule has 0 atom stereocenters. The van der Waals surface area contributed by atoms with Crippen LogP contribution in [0, 0.1) is 17.1 Å². The summed E-state index contributed by atoms with van der Waals surface area (Å²) in [5.41, 5.74) is 1.54. The maximum absolute atomic E-state index is 13.9. The first-order chi connectivity index (χ1) is 12.2. The number of halogens is 1. The van der Waals surface area contributed by atoms with Gasteiger partial charge in [0.25, 0.3) is 0 Å². The monoisotopic (exact) mass is 334 g/mol. The third-order valence-electron chi connectivity index (χ3n) is 3.32. The van der Waals surface area contributed by atoms with Gasteiger partial charge in [0.2, 0.25) is 5.91 Å². The predicted molar refractivity (Wildman–Crippen MR) is 87.9 cm³/mol. The van der Waals surface area contributed by atoms with E-state index >= 15 is 0 Å². The van der Waals surface area contributed by atoms with Crippen molar-refractivity contribution >= 4 is 17.7 Å². The lowest BCUT2D eigenvalue weighted by molar-refractivity contribution is -0.111. The lowest BCUT2D eigenvalue weighted by Crippen LogP contribution is -2.10. The molecule has 1 aromatic heterocycles. The standard InChI is InChI=1S/C17H11FN6O/c18-15-7-6-14(24-11-20-22-23-24)9-16(15)21-17(25)8-5-12-3-1-2-4-13(12)10-19/h1-9,11H,(H,21,25)/b8-5+. The molecule has 0 saturated heterocycles. The van der Waals surface area contributed by atoms with Crippen LogP contribution in [0.15, 0.2) is 54.9 Å². The number of anilines is 1. The number of aromatic nitrogens is 4. The minimum Gasteiger partial charge on any atom is -0.320 e. The molecule has 1 amide bonds. The van der Waals surface area contributed by atoms with Crippen LogP contribution in [0.5, 0.6) is 0 Å². The second kappa shape index (κ2) is 7.14. The molecule has 0 aliphatic carbocycles. The lowest BCUT2D eigenvalue weighted by atomic mass is 10.1. The second-order valence-corrected chi connectivity index (χ2v) is 4.94. The summed E-state index contributed by atoms with van der Waals surface area (Å²) in [4.78, 5) is 12.0. The van der Waals surface area contributed by atoms with E-state index in [4.69, 9.17) is 5.26 Å². The normalized spacial score (nSPS) is 10.6. The first kappa shape index (κ1) is 16.0. The number of hydrogen-bond donors (Lipinski definition) is 1. The van der Waals surface area contributed by atoms with Crippen LogP contribution in [0.2, 0.25) is 0 Å². The van der Waals surface area contributed by atoms with E-state index < -0.39 is 11.7 Å². The van der Waals surface area contributed by atoms with Gasteiger partial charge in [-0.1, -0.05) is 18.2 Å². The Morgan fingerprint density at radius 2 is 2.12 bits per heavy atom. The molecule has 0 aliphatic rings. The summed E-state index contributed by atoms with van der Waals surface area (Å²) in [5, 5.41) is 22.2. The van der Waals surface area contributed by atoms with Crippen LogP contribution < -0.4 is 5.32 Å². The summed E-state index contributed by atoms with van der Waals surface area (Å²) in [6.45, 7) is 0. The van der Waals surface area contributed by atoms with Crippen LogP contribution in [-0.4, -0.2) is 26.1 Å². The van der Waals surface area contributed by atoms with Crippen molar-refractivity contribution in [2.75, 3.05) is 5.32 Å². The molecule has 7 nitrogen and oxygen atoms in total. The molecule has 0 spiro atoms. The van der Waals surface area contributed by atoms with Gasteiger partial charge < -0.3 is 5.32 Å². The van der Waals surface area contributed by atoms with Crippen molar-refractivity contribution in [3.63, 3.8) is 0 Å². The number of nitrogens with zero attached hydrogens (tertiary/aromatic N) is 5. The molecule has 3 rings (SSSR count). The van der Waals surface area contributed by atoms with Crippen molar-refractivity contribution in [3.8, 4) is 11.8 Å². The van der Waals surface area contributed by atoms with Crippen molar-refractivity contribution in [2.45, 2.75) is 0 Å². The van der Waals surface area contributed by atoms with Gasteiger partial charge in [-0.05, 0) is 46.3 Å². The van der Waals surface area contributed by atoms with Crippen molar-refractivity contribution < 1.29 is 9.18 Å². The van der Waals surface area contributed by atoms with Gasteiger partial charge in [-0.2, -0.15) is 5.26 Å². The van der Waals surface area contributed by atoms with Gasteiger partial charge in [0, 0.05) is 6.08 Å². The number of tetrazole rings is 1. The lowest BCUT2D eigenvalue weighted by Gasteiger charge is -2.06. The van der Waals surface area contributed by atoms with Gasteiger partial charge in [-0.15, -0.1) is 5.10 Å². The molecule has 0 bridgehead atoms. The molecule has 8 heteroatoms. The van der Waals surface area contributed by atoms with Gasteiger partial charge in [0.1, 0.15) is 12.1 Å². The number of benzene rings is 2. The Balaban J connectivity index is 1.78. The van der Waals surface area contributed by atoms with Crippen molar-refractivity contribution in [3.05, 3.63) is 71.8 Å². The molecule has 0 radical (unpaired) electrons. The van der Waals surface area contributed by atoms with E-state index in [1.54, 1.807) is 24.3 Å². The van der Waals surface area contributed by atoms with E-state index in [2.05, 4.69) is 20.8 Å². The highest BCUT2D eigenvalue weighted by Crippen LogP contribution is 2.18. The Kier molecular flexibility index (Phi) is 4.58. The zero-order valence-corrected chi connectivity index (χ0v) is 12.8. The highest BCUT2D eigenvalue weighted by Gasteiger charge is 2.08. The zero-order valence-electron chi connectivity index (χ0n) is 12.8. The van der Waals surface area contributed by atoms with Crippen LogP contribution >= 0.6 is 0 Å². The molecule has 2 aromatic carbocycles. The molecule has 0 unspecified atom stereocenters. The van der Waals surface area contributed by atoms with E-state index in [0.717, 1.165) is 0 Å². The quantitative estimate of drug-likeness (QED) is 0.739. The second-order valence-electron chi connectivity index (χ2n) is 4.94. The molecular weight excluding hydrogens is 323 g/mol. The molecule has 0 aliphatic heterocycles. The van der Waals surface area contributed by atoms with Crippen LogP contribution in [0.25, 0.3) is 11.8 Å². The minimum atomic E-state index is -0.587. The Labute approximate surface area is 142 Å². The average Bonchev–Trinajstić information content (AvgIpc) is 3.16. The molecule has 1 heterocycles. The van der Waals surface area contributed by atoms with Gasteiger partial charge >= 0.3 is 0 Å². The number of hydrogen-bond acceptors (Lipinski definition) is 5. The summed E-state index contributed by atoms with van der Waals surface area (Å²) >= 11 is 0. The number of rotatable bonds is 4. The largest absolute Gasteiger partial charge is 0.320 e. The zero-order chi connectivity index (χ0) is 17.6. The fourth-order valence-corrected chi connectivity index (χ4v) is 2.12. The van der Waals surface area contributed by atoms with Crippen molar-refractivity contribution in [1.29, 1.82) is 5.26 Å². The highest BCUT2D eigenvalue weighted by molar-refractivity contribution is 6.02. The fourth-order valence-electron chi connectivity index (χ4n) is 2.12. The molecule has 25 heavy (non-hydrogen) atoms. The summed E-state index contributed by atoms with van der Waals surface area (Å²) in [6, 6.07) is 13.0. The van der Waals surface area contributed by atoms with E-state index in [1.165, 1.54) is 41.4 Å². The summed E-state index contributed by atoms with van der Waals surface area (Å²) in [6.07, 6.45) is 4.09. The number of carbonyl (C=O) groups is 1. The minimum absolute atomic E-state index is 0.00350. The summed E-state index contributed by atoms with van der Waals surface area (Å²) in [7, 11) is 0. The fraction of sp³-hybridized carbons (Fsp3) is 0. The van der Waals surface area contributed by atoms with Gasteiger partial charge in [0.15, 0.2) is 0 Å². The molecular formula is C17H11FN6O. The predicted octanol–water partition coefficient (Wildman–Crippen LogP) is 2.32. The summed E-state index contributed by atoms with van der Waals surface area (Å²) in [5.74, 6) is -1.11. The Morgan fingerprint density at radius 1 is 1.28 bits per heavy atom. The number of nitrogens with one attached hydrogen (secondary N) is 1. The first-order valence-electron chi connectivity index (χ1n) is 7.18. The van der Waals surface area contributed by atoms with E-state index in [0.29, 0.717) is 16.8 Å². The smallest absolute Gasteiger partial charge is 0.248 e. The van der Waals surface area contributed by atoms with E-state index in [-0.39, 0.29) is 5.69 Å². The molecule has 1 N–H and O–H groups in total. The topological polar surface area (TPSA) is 96.5 Å². The summed E-state index contributed by atoms with van der Waals surface area (Å²) < 4.78 is 15.3. The third kappa shape index (κ3) is 3.73. The van der Waals surface area contributed by atoms with Gasteiger partial charge in [0.05, 0.1) is 23.0 Å². The van der Waals surface area contributed by atoms with Crippen LogP contribution in [0.3, 0.4) is 0 Å². The van der Waals surface area contributed by atoms with Crippen LogP contribution in [0.1, 0.15) is 11.1 Å². The first-order valence-corrected chi connectivity index (χ1v) is 7.18. The number of amides is 1. The average molecular weight is 334 g/mol. The molecule has 0 fully saturated rings. The van der Waals surface area contributed by atoms with Gasteiger partial charge in [-0.3, -0.25) is 4.79 Å². The maximum Gasteiger partial charge on any atom is 0.248 e. The van der Waals surface area contributed by atoms with Gasteiger partial charge in [-0.25, -0.2) is 9.07 Å². The molecule has 122 valence electrons. The van der Waals surface area contributed by atoms with Crippen LogP contribution in [-0.2, 0) is 4.79 Å². The maximum atomic E-state index is 13.9. The highest BCUT2D eigenvalue weighted by atomic mass is 19.1. The van der Waals surface area contributed by atoms with E-state index in [9.17, 15) is 9.18 Å². The third-order valence-corrected chi connectivity index (χ3v) is 3.32. The van der Waals surface area contributed by atoms with Crippen molar-refractivity contribution in [1.82, 2.24) is 20.2 Å². The van der Waals surface area contributed by atoms with Crippen molar-refractivity contribution in [2.24, 2.45) is 0 Å². The Bertz CT molecular complexity index is 975. The molecule has 0 saturated carbocycles. The number of carbonyl (C=O) groups excluding carboxylic acids is 1.